The Morgan fingerprint density at radius 2 is 2.26 bits per heavy atom. The van der Waals surface area contributed by atoms with E-state index < -0.39 is 11.7 Å². The monoisotopic (exact) mass is 278 g/mol. The maximum absolute atomic E-state index is 13.8. The topological polar surface area (TPSA) is 66.9 Å². The fraction of sp³-hybridized carbons (Fsp3) is 0.250. The Morgan fingerprint density at radius 3 is 2.95 bits per heavy atom. The SMILES string of the molecule is O=C(Nc1c(F)cccc1NC1CC1)c1cnsn1. The van der Waals surface area contributed by atoms with E-state index >= 15 is 0 Å². The number of para-hydroxylation sites is 1. The van der Waals surface area contributed by atoms with Crippen molar-refractivity contribution in [3.05, 3.63) is 35.9 Å². The van der Waals surface area contributed by atoms with Crippen molar-refractivity contribution in [3.8, 4) is 0 Å². The van der Waals surface area contributed by atoms with Gasteiger partial charge in [0.25, 0.3) is 5.91 Å². The largest absolute Gasteiger partial charge is 0.381 e. The summed E-state index contributed by atoms with van der Waals surface area (Å²) in [5, 5.41) is 5.73. The first kappa shape index (κ1) is 12.0. The maximum atomic E-state index is 13.8. The molecule has 5 nitrogen and oxygen atoms in total. The Labute approximate surface area is 113 Å². The summed E-state index contributed by atoms with van der Waals surface area (Å²) in [5.74, 6) is -0.931. The molecule has 1 saturated carbocycles. The summed E-state index contributed by atoms with van der Waals surface area (Å²) >= 11 is 0.937. The second kappa shape index (κ2) is 4.93. The van der Waals surface area contributed by atoms with Crippen LogP contribution in [0.3, 0.4) is 0 Å². The summed E-state index contributed by atoms with van der Waals surface area (Å²) in [7, 11) is 0. The second-order valence-corrected chi connectivity index (χ2v) is 4.88. The molecular formula is C12H11FN4OS. The lowest BCUT2D eigenvalue weighted by molar-refractivity contribution is 0.102. The number of amides is 1. The van der Waals surface area contributed by atoms with E-state index in [-0.39, 0.29) is 11.4 Å². The first-order valence-electron chi connectivity index (χ1n) is 5.88. The van der Waals surface area contributed by atoms with Crippen molar-refractivity contribution < 1.29 is 9.18 Å². The smallest absolute Gasteiger partial charge is 0.277 e. The van der Waals surface area contributed by atoms with Crippen LogP contribution in [-0.2, 0) is 0 Å². The lowest BCUT2D eigenvalue weighted by Crippen LogP contribution is -2.15. The zero-order valence-corrected chi connectivity index (χ0v) is 10.7. The van der Waals surface area contributed by atoms with Crippen LogP contribution in [0.15, 0.2) is 24.4 Å². The van der Waals surface area contributed by atoms with Crippen molar-refractivity contribution >= 4 is 29.0 Å². The zero-order chi connectivity index (χ0) is 13.2. The Morgan fingerprint density at radius 1 is 1.42 bits per heavy atom. The molecule has 1 aliphatic rings. The highest BCUT2D eigenvalue weighted by Crippen LogP contribution is 2.31. The molecule has 2 aromatic rings. The molecule has 98 valence electrons. The molecule has 0 bridgehead atoms. The number of hydrogen-bond acceptors (Lipinski definition) is 5. The van der Waals surface area contributed by atoms with E-state index in [0.29, 0.717) is 11.7 Å². The predicted molar refractivity (Wildman–Crippen MR) is 70.9 cm³/mol. The third-order valence-corrected chi connectivity index (χ3v) is 3.26. The van der Waals surface area contributed by atoms with E-state index in [1.54, 1.807) is 12.1 Å². The minimum Gasteiger partial charge on any atom is -0.381 e. The van der Waals surface area contributed by atoms with Crippen molar-refractivity contribution in [2.24, 2.45) is 0 Å². The number of carbonyl (C=O) groups is 1. The molecule has 19 heavy (non-hydrogen) atoms. The Bertz CT molecular complexity index is 598. The Balaban J connectivity index is 1.84. The average molecular weight is 278 g/mol. The van der Waals surface area contributed by atoms with Gasteiger partial charge in [-0.25, -0.2) is 4.39 Å². The van der Waals surface area contributed by atoms with Crippen LogP contribution in [0.1, 0.15) is 23.3 Å². The minimum atomic E-state index is -0.470. The fourth-order valence-corrected chi connectivity index (χ4v) is 2.07. The highest BCUT2D eigenvalue weighted by molar-refractivity contribution is 6.99. The van der Waals surface area contributed by atoms with Gasteiger partial charge in [0, 0.05) is 6.04 Å². The number of benzene rings is 1. The second-order valence-electron chi connectivity index (χ2n) is 4.33. The average Bonchev–Trinajstić information content (AvgIpc) is 3.04. The Hall–Kier alpha value is -2.02. The molecule has 1 aromatic carbocycles. The lowest BCUT2D eigenvalue weighted by atomic mass is 10.2. The number of halogens is 1. The van der Waals surface area contributed by atoms with Crippen LogP contribution < -0.4 is 10.6 Å². The van der Waals surface area contributed by atoms with Gasteiger partial charge in [0.2, 0.25) is 0 Å². The Kier molecular flexibility index (Phi) is 3.12. The molecule has 1 aromatic heterocycles. The van der Waals surface area contributed by atoms with E-state index in [1.807, 2.05) is 0 Å². The number of rotatable bonds is 4. The number of nitrogens with one attached hydrogen (secondary N) is 2. The molecule has 0 atom stereocenters. The van der Waals surface area contributed by atoms with Gasteiger partial charge < -0.3 is 10.6 Å². The molecule has 3 rings (SSSR count). The van der Waals surface area contributed by atoms with Crippen LogP contribution >= 0.6 is 11.7 Å². The van der Waals surface area contributed by atoms with Crippen LogP contribution in [0.5, 0.6) is 0 Å². The molecule has 1 aliphatic carbocycles. The third kappa shape index (κ3) is 2.70. The van der Waals surface area contributed by atoms with Gasteiger partial charge in [0.1, 0.15) is 11.5 Å². The van der Waals surface area contributed by atoms with E-state index in [2.05, 4.69) is 19.4 Å². The summed E-state index contributed by atoms with van der Waals surface area (Å²) in [6.45, 7) is 0. The molecule has 0 spiro atoms. The fourth-order valence-electron chi connectivity index (χ4n) is 1.66. The van der Waals surface area contributed by atoms with Crippen molar-refractivity contribution in [1.82, 2.24) is 8.75 Å². The van der Waals surface area contributed by atoms with Crippen molar-refractivity contribution in [1.29, 1.82) is 0 Å². The van der Waals surface area contributed by atoms with E-state index in [1.165, 1.54) is 12.3 Å². The number of anilines is 2. The molecule has 0 unspecified atom stereocenters. The predicted octanol–water partition coefficient (Wildman–Crippen LogP) is 2.50. The highest BCUT2D eigenvalue weighted by Gasteiger charge is 2.23. The van der Waals surface area contributed by atoms with Crippen molar-refractivity contribution in [2.75, 3.05) is 10.6 Å². The van der Waals surface area contributed by atoms with Crippen LogP contribution in [0, 0.1) is 5.82 Å². The van der Waals surface area contributed by atoms with Crippen LogP contribution in [0.25, 0.3) is 0 Å². The molecule has 1 heterocycles. The van der Waals surface area contributed by atoms with E-state index in [9.17, 15) is 9.18 Å². The summed E-state index contributed by atoms with van der Waals surface area (Å²) in [6.07, 6.45) is 3.49. The number of nitrogens with zero attached hydrogens (tertiary/aromatic N) is 2. The van der Waals surface area contributed by atoms with Gasteiger partial charge in [-0.15, -0.1) is 0 Å². The molecule has 7 heteroatoms. The summed E-state index contributed by atoms with van der Waals surface area (Å²) in [4.78, 5) is 11.9. The zero-order valence-electron chi connectivity index (χ0n) is 9.89. The van der Waals surface area contributed by atoms with Gasteiger partial charge in [-0.2, -0.15) is 8.75 Å². The first-order chi connectivity index (χ1) is 9.24. The number of carbonyl (C=O) groups excluding carboxylic acids is 1. The van der Waals surface area contributed by atoms with Gasteiger partial charge in [0.05, 0.1) is 23.6 Å². The number of aromatic nitrogens is 2. The highest BCUT2D eigenvalue weighted by atomic mass is 32.1. The molecule has 1 fully saturated rings. The van der Waals surface area contributed by atoms with Gasteiger partial charge >= 0.3 is 0 Å². The number of hydrogen-bond donors (Lipinski definition) is 2. The molecule has 1 amide bonds. The summed E-state index contributed by atoms with van der Waals surface area (Å²) in [6, 6.07) is 5.04. The molecular weight excluding hydrogens is 267 g/mol. The van der Waals surface area contributed by atoms with Gasteiger partial charge in [-0.1, -0.05) is 6.07 Å². The summed E-state index contributed by atoms with van der Waals surface area (Å²) < 4.78 is 21.4. The molecule has 2 N–H and O–H groups in total. The molecule has 0 aliphatic heterocycles. The quantitative estimate of drug-likeness (QED) is 0.901. The summed E-state index contributed by atoms with van der Waals surface area (Å²) in [5.41, 5.74) is 0.942. The third-order valence-electron chi connectivity index (χ3n) is 2.78. The van der Waals surface area contributed by atoms with E-state index in [0.717, 1.165) is 24.6 Å². The van der Waals surface area contributed by atoms with Crippen molar-refractivity contribution in [3.63, 3.8) is 0 Å². The first-order valence-corrected chi connectivity index (χ1v) is 6.61. The maximum Gasteiger partial charge on any atom is 0.277 e. The lowest BCUT2D eigenvalue weighted by Gasteiger charge is -2.12. The van der Waals surface area contributed by atoms with Crippen LogP contribution in [-0.4, -0.2) is 20.7 Å². The van der Waals surface area contributed by atoms with Gasteiger partial charge in [-0.05, 0) is 25.0 Å². The van der Waals surface area contributed by atoms with E-state index in [4.69, 9.17) is 0 Å². The van der Waals surface area contributed by atoms with Crippen LogP contribution in [0.2, 0.25) is 0 Å². The van der Waals surface area contributed by atoms with Gasteiger partial charge in [0.15, 0.2) is 5.69 Å². The minimum absolute atomic E-state index is 0.160. The van der Waals surface area contributed by atoms with Gasteiger partial charge in [-0.3, -0.25) is 4.79 Å². The molecule has 0 saturated heterocycles. The standard InChI is InChI=1S/C12H11FN4OS/c13-8-2-1-3-9(15-7-4-5-7)11(8)16-12(18)10-6-14-19-17-10/h1-3,6-7,15H,4-5H2,(H,16,18). The van der Waals surface area contributed by atoms with Crippen molar-refractivity contribution in [2.45, 2.75) is 18.9 Å². The molecule has 0 radical (unpaired) electrons. The van der Waals surface area contributed by atoms with Crippen LogP contribution in [0.4, 0.5) is 15.8 Å². The normalized spacial score (nSPS) is 14.2.